The highest BCUT2D eigenvalue weighted by Gasteiger charge is 2.47. The van der Waals surface area contributed by atoms with Crippen LogP contribution < -0.4 is 54.3 Å². The fourth-order valence-corrected chi connectivity index (χ4v) is 13.8. The number of hydrogen-bond donors (Lipinski definition) is 4. The van der Waals surface area contributed by atoms with Gasteiger partial charge in [0.15, 0.2) is 69.2 Å². The summed E-state index contributed by atoms with van der Waals surface area (Å²) in [4.78, 5) is 39.1. The molecule has 3 saturated carbocycles. The maximum absolute atomic E-state index is 15.2. The van der Waals surface area contributed by atoms with Crippen molar-refractivity contribution in [3.8, 4) is 69.0 Å². The number of nitrogens with two attached hydrogens (primary N) is 1. The third-order valence-electron chi connectivity index (χ3n) is 20.2. The van der Waals surface area contributed by atoms with Gasteiger partial charge in [-0.15, -0.1) is 0 Å². The number of alkyl carbamates (subject to hydrolysis) is 2. The molecule has 616 valence electrons. The molecular formula is C91H92F3IN6O16S. The number of carbonyl (C=O) groups excluding carboxylic acids is 2. The van der Waals surface area contributed by atoms with Crippen molar-refractivity contribution in [2.24, 2.45) is 5.73 Å². The number of ether oxygens (including phenoxy) is 10. The summed E-state index contributed by atoms with van der Waals surface area (Å²) >= 11 is 2.15. The number of phenols is 1. The Hall–Kier alpha value is -11.7. The molecule has 0 unspecified atom stereocenters. The Morgan fingerprint density at radius 2 is 0.822 bits per heavy atom. The van der Waals surface area contributed by atoms with E-state index in [1.165, 1.54) is 13.2 Å². The van der Waals surface area contributed by atoms with Crippen LogP contribution in [-0.4, -0.2) is 110 Å². The van der Waals surface area contributed by atoms with E-state index >= 15 is 8.78 Å². The van der Waals surface area contributed by atoms with Crippen molar-refractivity contribution in [3.05, 3.63) is 249 Å². The second-order valence-corrected chi connectivity index (χ2v) is 31.2. The van der Waals surface area contributed by atoms with Gasteiger partial charge in [0, 0.05) is 69.6 Å². The first kappa shape index (κ1) is 85.7. The van der Waals surface area contributed by atoms with Crippen molar-refractivity contribution in [2.45, 2.75) is 116 Å². The molecule has 0 spiro atoms. The van der Waals surface area contributed by atoms with Crippen LogP contribution in [0.4, 0.5) is 22.8 Å². The number of aromatic hydroxyl groups is 1. The molecule has 22 nitrogen and oxygen atoms in total. The summed E-state index contributed by atoms with van der Waals surface area (Å²) in [6, 6.07) is 44.8. The number of hydrogen-bond acceptors (Lipinski definition) is 20. The number of aromatic nitrogens is 3. The molecule has 8 aromatic carbocycles. The molecule has 3 fully saturated rings. The third-order valence-corrected chi connectivity index (χ3v) is 20.8. The zero-order chi connectivity index (χ0) is 82.8. The van der Waals surface area contributed by atoms with E-state index in [1.807, 2.05) is 123 Å². The minimum absolute atomic E-state index is 0. The van der Waals surface area contributed by atoms with E-state index in [2.05, 4.69) is 48.2 Å². The quantitative estimate of drug-likeness (QED) is 0.0248. The lowest BCUT2D eigenvalue weighted by Crippen LogP contribution is -2.41. The average molecular weight is 1740 g/mol. The number of rotatable bonds is 24. The molecule has 17 rings (SSSR count). The highest BCUT2D eigenvalue weighted by molar-refractivity contribution is 14.1. The van der Waals surface area contributed by atoms with Crippen molar-refractivity contribution < 1.29 is 87.8 Å². The van der Waals surface area contributed by atoms with Crippen LogP contribution in [0.1, 0.15) is 111 Å². The summed E-state index contributed by atoms with van der Waals surface area (Å²) in [6.07, 6.45) is 17.4. The predicted molar refractivity (Wildman–Crippen MR) is 456 cm³/mol. The Morgan fingerprint density at radius 3 is 1.18 bits per heavy atom. The van der Waals surface area contributed by atoms with Crippen LogP contribution in [0.2, 0.25) is 0 Å². The van der Waals surface area contributed by atoms with E-state index < -0.39 is 33.4 Å². The summed E-state index contributed by atoms with van der Waals surface area (Å²) in [7, 11) is 1.09. The van der Waals surface area contributed by atoms with Gasteiger partial charge in [-0.2, -0.15) is 8.42 Å². The van der Waals surface area contributed by atoms with E-state index in [0.29, 0.717) is 115 Å². The first-order chi connectivity index (χ1) is 56.3. The van der Waals surface area contributed by atoms with Gasteiger partial charge in [-0.1, -0.05) is 144 Å². The number of benzene rings is 8. The molecule has 6 aliphatic carbocycles. The molecule has 3 aromatic heterocycles. The molecule has 3 heterocycles. The first-order valence-corrected chi connectivity index (χ1v) is 41.6. The smallest absolute Gasteiger partial charge is 0.408 e. The van der Waals surface area contributed by atoms with Gasteiger partial charge in [0.2, 0.25) is 0 Å². The Labute approximate surface area is 696 Å². The normalized spacial score (nSPS) is 14.7. The summed E-state index contributed by atoms with van der Waals surface area (Å²) in [5.74, 6) is 3.17. The molecule has 2 amide bonds. The number of halogens is 4. The molecule has 6 aliphatic rings. The monoisotopic (exact) mass is 1740 g/mol. The third kappa shape index (κ3) is 21.2. The lowest BCUT2D eigenvalue weighted by molar-refractivity contribution is 0.128. The fraction of sp³-hybridized carbons (Fsp3) is 0.286. The average Bonchev–Trinajstić information content (AvgIpc) is 1.78. The van der Waals surface area contributed by atoms with E-state index in [-0.39, 0.29) is 79.8 Å². The van der Waals surface area contributed by atoms with Crippen LogP contribution in [0.5, 0.6) is 69.0 Å². The molecular weight excluding hydrogens is 1650 g/mol. The Morgan fingerprint density at radius 1 is 0.466 bits per heavy atom. The SMILES string of the molecule is C.CI.COc1cc2c(Oc3ccc4c(c3F)C=C(C)C4)ccnc2cc1O.COc1cc2c(Oc3ccc4c(c3F)C=C(C)C4)ccnc2cc1OCC1(N)CC1.COc1cc2c(Oc3ccc4c(c3F)C=C(C)C4)ccnc2cc1OCC1(NC(=O)OCc2ccccc2)CC1.CS(=O)(=O)OCC1(NC(=O)OCc2ccccc2)CC1. The Kier molecular flexibility index (Phi) is 27.1. The minimum atomic E-state index is -3.50. The van der Waals surface area contributed by atoms with Gasteiger partial charge in [-0.05, 0) is 166 Å². The minimum Gasteiger partial charge on any atom is -0.504 e. The van der Waals surface area contributed by atoms with Crippen molar-refractivity contribution in [2.75, 3.05) is 52.3 Å². The number of nitrogens with zero attached hydrogens (tertiary/aromatic N) is 3. The van der Waals surface area contributed by atoms with E-state index in [9.17, 15) is 27.5 Å². The lowest BCUT2D eigenvalue weighted by Gasteiger charge is -2.20. The topological polar surface area (TPSA) is 279 Å². The molecule has 0 atom stereocenters. The number of alkyl halides is 1. The van der Waals surface area contributed by atoms with Crippen molar-refractivity contribution in [3.63, 3.8) is 0 Å². The van der Waals surface area contributed by atoms with Crippen LogP contribution in [-0.2, 0) is 56.3 Å². The van der Waals surface area contributed by atoms with Crippen molar-refractivity contribution in [1.82, 2.24) is 25.6 Å². The number of pyridine rings is 3. The van der Waals surface area contributed by atoms with Crippen LogP contribution >= 0.6 is 22.6 Å². The standard InChI is InChI=1S/C32H29FN2O5.C24H23FN2O3.C20H16FNO3.C13H17NO5S.CH3I.CH4/c1-20-14-22-8-9-27(30(33)23(22)15-20)40-26-10-13-34-25-17-29(28(37-2)16-24(25)26)39-19-32(11-12-32)35-31(36)38-18-21-6-4-3-5-7-21;1-14-9-15-3-4-20(23(25)16(15)10-14)30-19-5-8-27-18-12-22(21(28-2)11-17(18)19)29-13-24(26)6-7-24;1-11-7-12-3-4-18(20(21)13(12)8-11)25-17-5-6-22-15-10-16(23)19(24-2)9-14(15)17;1-20(16,17)19-10-13(7-8-13)14-12(15)18-9-11-5-3-2-4-6-11;1-2;/h3-10,13,15-17H,11-12,14,18-19H2,1-2H3,(H,35,36);3-5,8,10-12H,6-7,9,13,26H2,1-2H3;3-6,8-10,23H,7H2,1-2H3;2-6H,7-10H2,1H3,(H,14,15);1H3;1H4. The number of amides is 2. The summed E-state index contributed by atoms with van der Waals surface area (Å²) < 4.78 is 128. The number of phenolic OH excluding ortho intramolecular Hbond substituents is 1. The molecule has 0 saturated heterocycles. The second kappa shape index (κ2) is 37.3. The van der Waals surface area contributed by atoms with Gasteiger partial charge < -0.3 is 68.8 Å². The summed E-state index contributed by atoms with van der Waals surface area (Å²) in [5.41, 5.74) is 16.5. The van der Waals surface area contributed by atoms with Gasteiger partial charge in [0.1, 0.15) is 43.7 Å². The zero-order valence-electron chi connectivity index (χ0n) is 65.7. The van der Waals surface area contributed by atoms with Crippen LogP contribution in [0.3, 0.4) is 0 Å². The zero-order valence-corrected chi connectivity index (χ0v) is 68.7. The molecule has 0 aliphatic heterocycles. The molecule has 11 aromatic rings. The highest BCUT2D eigenvalue weighted by atomic mass is 127. The maximum Gasteiger partial charge on any atom is 0.408 e. The first-order valence-electron chi connectivity index (χ1n) is 37.7. The van der Waals surface area contributed by atoms with Crippen molar-refractivity contribution >= 4 is 95.8 Å². The largest absolute Gasteiger partial charge is 0.504 e. The van der Waals surface area contributed by atoms with Crippen LogP contribution in [0, 0.1) is 17.5 Å². The molecule has 5 N–H and O–H groups in total. The Balaban J connectivity index is 0.000000148. The van der Waals surface area contributed by atoms with Crippen LogP contribution in [0.25, 0.3) is 50.9 Å². The fourth-order valence-electron chi connectivity index (χ4n) is 13.3. The van der Waals surface area contributed by atoms with E-state index in [0.717, 1.165) is 95.7 Å². The van der Waals surface area contributed by atoms with Gasteiger partial charge in [0.05, 0.1) is 67.4 Å². The summed E-state index contributed by atoms with van der Waals surface area (Å²) in [6.45, 7) is 6.97. The van der Waals surface area contributed by atoms with Crippen LogP contribution in [0.15, 0.2) is 187 Å². The predicted octanol–water partition coefficient (Wildman–Crippen LogP) is 19.9. The molecule has 0 bridgehead atoms. The summed E-state index contributed by atoms with van der Waals surface area (Å²) in [5, 5.41) is 17.5. The molecule has 118 heavy (non-hydrogen) atoms. The van der Waals surface area contributed by atoms with Gasteiger partial charge >= 0.3 is 12.2 Å². The maximum atomic E-state index is 15.2. The highest BCUT2D eigenvalue weighted by Crippen LogP contribution is 2.46. The number of fused-ring (bicyclic) bond motifs is 6. The van der Waals surface area contributed by atoms with E-state index in [4.69, 9.17) is 57.3 Å². The Bertz CT molecular complexity index is 5770. The van der Waals surface area contributed by atoms with Crippen molar-refractivity contribution in [1.29, 1.82) is 0 Å². The molecule has 0 radical (unpaired) electrons. The number of nitrogens with one attached hydrogen (secondary N) is 2. The van der Waals surface area contributed by atoms with E-state index in [1.54, 1.807) is 99.5 Å². The van der Waals surface area contributed by atoms with Gasteiger partial charge in [-0.3, -0.25) is 19.1 Å². The van der Waals surface area contributed by atoms with Gasteiger partial charge in [0.25, 0.3) is 10.1 Å². The van der Waals surface area contributed by atoms with Gasteiger partial charge in [-0.25, -0.2) is 22.8 Å². The number of allylic oxidation sites excluding steroid dienone is 3. The molecule has 27 heteroatoms. The lowest BCUT2D eigenvalue weighted by atomic mass is 10.1. The number of methoxy groups -OCH3 is 3. The second-order valence-electron chi connectivity index (χ2n) is 29.5. The number of carbonyl (C=O) groups is 2.